The molecular formula is C26H26N6OS. The Hall–Kier alpha value is -3.67. The predicted molar refractivity (Wildman–Crippen MR) is 136 cm³/mol. The molecule has 0 aliphatic carbocycles. The van der Waals surface area contributed by atoms with E-state index in [1.807, 2.05) is 72.4 Å². The highest BCUT2D eigenvalue weighted by Gasteiger charge is 2.25. The molecule has 0 bridgehead atoms. The highest BCUT2D eigenvalue weighted by atomic mass is 32.1. The average Bonchev–Trinajstić information content (AvgIpc) is 3.43. The largest absolute Gasteiger partial charge is 0.348 e. The van der Waals surface area contributed by atoms with Gasteiger partial charge in [0.2, 0.25) is 5.95 Å². The molecule has 0 spiro atoms. The molecule has 1 aliphatic heterocycles. The molecule has 2 aromatic heterocycles. The number of fused-ring (bicyclic) bond motifs is 1. The molecule has 1 saturated heterocycles. The number of carbonyl (C=O) groups excluding carboxylic acids is 1. The van der Waals surface area contributed by atoms with Crippen LogP contribution in [0.4, 0.5) is 5.95 Å². The fraction of sp³-hybridized carbons (Fsp3) is 0.269. The summed E-state index contributed by atoms with van der Waals surface area (Å²) in [6, 6.07) is 21.9. The Kier molecular flexibility index (Phi) is 6.05. The highest BCUT2D eigenvalue weighted by Crippen LogP contribution is 2.33. The third-order valence-electron chi connectivity index (χ3n) is 6.09. The van der Waals surface area contributed by atoms with Crippen LogP contribution in [0.15, 0.2) is 60.7 Å². The van der Waals surface area contributed by atoms with E-state index < -0.39 is 0 Å². The second-order valence-corrected chi connectivity index (χ2v) is 9.69. The minimum absolute atomic E-state index is 0.0760. The van der Waals surface area contributed by atoms with Crippen LogP contribution < -0.4 is 4.90 Å². The molecule has 0 unspecified atom stereocenters. The van der Waals surface area contributed by atoms with Gasteiger partial charge in [-0.1, -0.05) is 30.3 Å². The molecule has 0 N–H and O–H groups in total. The van der Waals surface area contributed by atoms with Crippen molar-refractivity contribution in [3.63, 3.8) is 0 Å². The summed E-state index contributed by atoms with van der Waals surface area (Å²) in [6.45, 7) is 3.89. The van der Waals surface area contributed by atoms with Gasteiger partial charge in [0, 0.05) is 52.5 Å². The molecule has 2 aromatic carbocycles. The number of para-hydroxylation sites is 1. The van der Waals surface area contributed by atoms with Gasteiger partial charge in [-0.05, 0) is 35.9 Å². The summed E-state index contributed by atoms with van der Waals surface area (Å²) in [7, 11) is 3.96. The summed E-state index contributed by atoms with van der Waals surface area (Å²) in [6.07, 6.45) is 0. The zero-order valence-electron chi connectivity index (χ0n) is 19.3. The van der Waals surface area contributed by atoms with Crippen molar-refractivity contribution in [2.75, 3.05) is 45.2 Å². The summed E-state index contributed by atoms with van der Waals surface area (Å²) in [5.41, 5.74) is 3.74. The Morgan fingerprint density at radius 1 is 1.06 bits per heavy atom. The number of thiophene rings is 1. The molecule has 0 radical (unpaired) electrons. The molecule has 4 aromatic rings. The number of hydrogen-bond acceptors (Lipinski definition) is 6. The third-order valence-corrected chi connectivity index (χ3v) is 7.19. The van der Waals surface area contributed by atoms with Crippen molar-refractivity contribution < 1.29 is 4.79 Å². The van der Waals surface area contributed by atoms with Gasteiger partial charge in [-0.15, -0.1) is 11.3 Å². The van der Waals surface area contributed by atoms with E-state index in [1.165, 1.54) is 16.9 Å². The van der Waals surface area contributed by atoms with Crippen LogP contribution >= 0.6 is 11.3 Å². The summed E-state index contributed by atoms with van der Waals surface area (Å²) in [4.78, 5) is 26.1. The van der Waals surface area contributed by atoms with Crippen molar-refractivity contribution in [3.8, 4) is 11.8 Å². The number of rotatable bonds is 5. The summed E-state index contributed by atoms with van der Waals surface area (Å²) in [5, 5.41) is 8.96. The van der Waals surface area contributed by atoms with Gasteiger partial charge in [0.25, 0.3) is 5.91 Å². The first-order chi connectivity index (χ1) is 16.5. The van der Waals surface area contributed by atoms with E-state index >= 15 is 0 Å². The van der Waals surface area contributed by atoms with E-state index in [-0.39, 0.29) is 5.91 Å². The number of benzene rings is 2. The number of piperazine rings is 1. The van der Waals surface area contributed by atoms with Crippen LogP contribution in [0.5, 0.6) is 0 Å². The number of nitriles is 1. The van der Waals surface area contributed by atoms with E-state index in [4.69, 9.17) is 10.2 Å². The van der Waals surface area contributed by atoms with Crippen LogP contribution in [0.3, 0.4) is 0 Å². The van der Waals surface area contributed by atoms with E-state index in [0.717, 1.165) is 46.5 Å². The number of anilines is 1. The van der Waals surface area contributed by atoms with E-state index in [2.05, 4.69) is 27.7 Å². The summed E-state index contributed by atoms with van der Waals surface area (Å²) < 4.78 is 2.12. The highest BCUT2D eigenvalue weighted by molar-refractivity contribution is 7.20. The van der Waals surface area contributed by atoms with Gasteiger partial charge in [-0.3, -0.25) is 14.3 Å². The maximum Gasteiger partial charge on any atom is 0.264 e. The minimum Gasteiger partial charge on any atom is -0.348 e. The molecule has 172 valence electrons. The van der Waals surface area contributed by atoms with Crippen molar-refractivity contribution in [1.82, 2.24) is 19.4 Å². The van der Waals surface area contributed by atoms with Gasteiger partial charge in [0.15, 0.2) is 0 Å². The normalized spacial score (nSPS) is 14.3. The molecule has 7 nitrogen and oxygen atoms in total. The molecule has 0 saturated carbocycles. The minimum atomic E-state index is 0.0760. The van der Waals surface area contributed by atoms with Crippen molar-refractivity contribution in [3.05, 3.63) is 76.7 Å². The lowest BCUT2D eigenvalue weighted by molar-refractivity contribution is 0.0633. The predicted octanol–water partition coefficient (Wildman–Crippen LogP) is 3.98. The van der Waals surface area contributed by atoms with Gasteiger partial charge >= 0.3 is 0 Å². The van der Waals surface area contributed by atoms with Crippen LogP contribution in [0.2, 0.25) is 0 Å². The lowest BCUT2D eigenvalue weighted by Gasteiger charge is -2.34. The quantitative estimate of drug-likeness (QED) is 0.441. The zero-order chi connectivity index (χ0) is 23.7. The molecule has 8 heteroatoms. The van der Waals surface area contributed by atoms with Crippen molar-refractivity contribution >= 4 is 33.5 Å². The van der Waals surface area contributed by atoms with Crippen LogP contribution in [0, 0.1) is 11.3 Å². The second kappa shape index (κ2) is 9.29. The topological polar surface area (TPSA) is 68.4 Å². The molecule has 1 aliphatic rings. The fourth-order valence-corrected chi connectivity index (χ4v) is 5.37. The van der Waals surface area contributed by atoms with E-state index in [1.54, 1.807) is 0 Å². The van der Waals surface area contributed by atoms with Crippen molar-refractivity contribution in [2.24, 2.45) is 0 Å². The molecule has 1 fully saturated rings. The van der Waals surface area contributed by atoms with Crippen LogP contribution in [-0.2, 0) is 6.54 Å². The van der Waals surface area contributed by atoms with Crippen molar-refractivity contribution in [1.29, 1.82) is 5.26 Å². The average molecular weight is 471 g/mol. The monoisotopic (exact) mass is 470 g/mol. The van der Waals surface area contributed by atoms with Gasteiger partial charge in [-0.25, -0.2) is 4.98 Å². The lowest BCUT2D eigenvalue weighted by atomic mass is 10.1. The maximum absolute atomic E-state index is 13.3. The SMILES string of the molecule is CN(C)c1nc2cc(C(=O)N3CCN(Cc4ccc(C#N)cc4)CC3)sc2n1-c1ccccc1. The second-order valence-electron chi connectivity index (χ2n) is 8.66. The molecular weight excluding hydrogens is 444 g/mol. The first-order valence-corrected chi connectivity index (χ1v) is 12.1. The van der Waals surface area contributed by atoms with Gasteiger partial charge < -0.3 is 9.80 Å². The number of imidazole rings is 1. The molecule has 3 heterocycles. The van der Waals surface area contributed by atoms with E-state index in [9.17, 15) is 4.79 Å². The lowest BCUT2D eigenvalue weighted by Crippen LogP contribution is -2.48. The number of nitrogens with zero attached hydrogens (tertiary/aromatic N) is 6. The molecule has 34 heavy (non-hydrogen) atoms. The Bertz CT molecular complexity index is 1340. The Morgan fingerprint density at radius 3 is 2.41 bits per heavy atom. The number of hydrogen-bond donors (Lipinski definition) is 0. The van der Waals surface area contributed by atoms with Gasteiger partial charge in [0.1, 0.15) is 10.3 Å². The van der Waals surface area contributed by atoms with Gasteiger partial charge in [-0.2, -0.15) is 5.26 Å². The molecule has 1 amide bonds. The third kappa shape index (κ3) is 4.28. The maximum atomic E-state index is 13.3. The number of amides is 1. The Labute approximate surface area is 203 Å². The number of aromatic nitrogens is 2. The van der Waals surface area contributed by atoms with Crippen LogP contribution in [0.1, 0.15) is 20.8 Å². The molecule has 0 atom stereocenters. The Morgan fingerprint density at radius 2 is 1.76 bits per heavy atom. The fourth-order valence-electron chi connectivity index (χ4n) is 4.28. The molecule has 5 rings (SSSR count). The first-order valence-electron chi connectivity index (χ1n) is 11.3. The summed E-state index contributed by atoms with van der Waals surface area (Å²) in [5.74, 6) is 0.926. The smallest absolute Gasteiger partial charge is 0.264 e. The van der Waals surface area contributed by atoms with Gasteiger partial charge in [0.05, 0.1) is 16.5 Å². The number of carbonyl (C=O) groups is 1. The summed E-state index contributed by atoms with van der Waals surface area (Å²) >= 11 is 1.51. The standard InChI is InChI=1S/C26H26N6OS/c1-29(2)26-28-22-16-23(34-25(22)32(26)21-6-4-3-5-7-21)24(33)31-14-12-30(13-15-31)18-20-10-8-19(17-27)9-11-20/h3-11,16H,12-15,18H2,1-2H3. The van der Waals surface area contributed by atoms with Crippen molar-refractivity contribution in [2.45, 2.75) is 6.54 Å². The van der Waals surface area contributed by atoms with E-state index in [0.29, 0.717) is 18.7 Å². The van der Waals surface area contributed by atoms with Crippen LogP contribution in [-0.4, -0.2) is 65.5 Å². The Balaban J connectivity index is 1.30. The van der Waals surface area contributed by atoms with Crippen LogP contribution in [0.25, 0.3) is 16.0 Å². The first kappa shape index (κ1) is 22.1. The zero-order valence-corrected chi connectivity index (χ0v) is 20.1.